The second-order valence-corrected chi connectivity index (χ2v) is 8.91. The van der Waals surface area contributed by atoms with Gasteiger partial charge < -0.3 is 10.2 Å². The van der Waals surface area contributed by atoms with Crippen molar-refractivity contribution in [1.82, 2.24) is 10.2 Å². The van der Waals surface area contributed by atoms with Crippen molar-refractivity contribution in [2.24, 2.45) is 11.8 Å². The van der Waals surface area contributed by atoms with Gasteiger partial charge in [0, 0.05) is 11.1 Å². The third-order valence-corrected chi connectivity index (χ3v) is 4.76. The monoisotopic (exact) mass is 298 g/mol. The van der Waals surface area contributed by atoms with Gasteiger partial charge in [0.1, 0.15) is 0 Å². The molecule has 21 heavy (non-hydrogen) atoms. The van der Waals surface area contributed by atoms with Crippen molar-refractivity contribution in [2.45, 2.75) is 92.2 Å². The molecular weight excluding hydrogens is 256 g/mol. The van der Waals surface area contributed by atoms with Gasteiger partial charge in [-0.05, 0) is 85.4 Å². The maximum atomic E-state index is 3.76. The molecule has 0 fully saturated rings. The average Bonchev–Trinajstić information content (AvgIpc) is 2.33. The smallest absolute Gasteiger partial charge is 0.0162 e. The molecule has 2 nitrogen and oxygen atoms in total. The van der Waals surface area contributed by atoms with E-state index in [9.17, 15) is 0 Å². The molecule has 0 aromatic heterocycles. The normalized spacial score (nSPS) is 13.7. The van der Waals surface area contributed by atoms with E-state index in [-0.39, 0.29) is 11.1 Å². The summed E-state index contributed by atoms with van der Waals surface area (Å²) in [5.41, 5.74) is 0.535. The Kier molecular flexibility index (Phi) is 9.11. The van der Waals surface area contributed by atoms with Crippen molar-refractivity contribution >= 4 is 0 Å². The highest BCUT2D eigenvalue weighted by Crippen LogP contribution is 2.20. The summed E-state index contributed by atoms with van der Waals surface area (Å²) in [6.45, 7) is 20.9. The lowest BCUT2D eigenvalue weighted by Gasteiger charge is -2.37. The Morgan fingerprint density at radius 3 is 1.86 bits per heavy atom. The fourth-order valence-corrected chi connectivity index (χ4v) is 2.39. The molecule has 0 radical (unpaired) electrons. The molecule has 0 spiro atoms. The molecule has 128 valence electrons. The molecule has 0 amide bonds. The summed E-state index contributed by atoms with van der Waals surface area (Å²) < 4.78 is 0. The van der Waals surface area contributed by atoms with E-state index in [1.807, 2.05) is 0 Å². The van der Waals surface area contributed by atoms with Gasteiger partial charge in [0.15, 0.2) is 0 Å². The summed E-state index contributed by atoms with van der Waals surface area (Å²) in [7, 11) is 2.27. The third-order valence-electron chi connectivity index (χ3n) is 4.76. The van der Waals surface area contributed by atoms with Crippen LogP contribution in [0.5, 0.6) is 0 Å². The number of nitrogens with zero attached hydrogens (tertiary/aromatic N) is 1. The Labute approximate surface area is 135 Å². The number of nitrogens with one attached hydrogen (secondary N) is 1. The molecule has 0 rings (SSSR count). The maximum Gasteiger partial charge on any atom is 0.0162 e. The minimum Gasteiger partial charge on any atom is -0.312 e. The van der Waals surface area contributed by atoms with Crippen molar-refractivity contribution in [3.8, 4) is 0 Å². The number of rotatable bonds is 11. The maximum absolute atomic E-state index is 3.76. The summed E-state index contributed by atoms with van der Waals surface area (Å²) in [5, 5.41) is 3.76. The van der Waals surface area contributed by atoms with Crippen LogP contribution in [0.25, 0.3) is 0 Å². The molecule has 0 unspecified atom stereocenters. The molecule has 0 aliphatic carbocycles. The van der Waals surface area contributed by atoms with Crippen molar-refractivity contribution in [3.05, 3.63) is 0 Å². The van der Waals surface area contributed by atoms with E-state index in [4.69, 9.17) is 0 Å². The lowest BCUT2D eigenvalue weighted by atomic mass is 9.92. The SMILES string of the molecule is CC(C)CCN(C)C(C)(C)CCNC(C)(C)CCC(C)C. The van der Waals surface area contributed by atoms with Crippen LogP contribution in [0.1, 0.15) is 81.1 Å². The molecule has 0 bridgehead atoms. The molecular formula is C19H42N2. The topological polar surface area (TPSA) is 15.3 Å². The quantitative estimate of drug-likeness (QED) is 0.581. The first-order chi connectivity index (χ1) is 9.46. The van der Waals surface area contributed by atoms with E-state index >= 15 is 0 Å². The third kappa shape index (κ3) is 10.3. The van der Waals surface area contributed by atoms with Gasteiger partial charge >= 0.3 is 0 Å². The summed E-state index contributed by atoms with van der Waals surface area (Å²) in [5.74, 6) is 1.58. The zero-order chi connectivity index (χ0) is 16.7. The number of hydrogen-bond donors (Lipinski definition) is 1. The second-order valence-electron chi connectivity index (χ2n) is 8.91. The highest BCUT2D eigenvalue weighted by atomic mass is 15.2. The van der Waals surface area contributed by atoms with Gasteiger partial charge in [-0.15, -0.1) is 0 Å². The molecule has 0 aliphatic heterocycles. The zero-order valence-electron chi connectivity index (χ0n) is 16.3. The molecule has 1 N–H and O–H groups in total. The van der Waals surface area contributed by atoms with E-state index < -0.39 is 0 Å². The summed E-state index contributed by atoms with van der Waals surface area (Å²) >= 11 is 0. The van der Waals surface area contributed by atoms with Gasteiger partial charge in [-0.1, -0.05) is 27.7 Å². The largest absolute Gasteiger partial charge is 0.312 e. The minimum atomic E-state index is 0.261. The van der Waals surface area contributed by atoms with Crippen LogP contribution in [-0.2, 0) is 0 Å². The zero-order valence-corrected chi connectivity index (χ0v) is 16.3. The summed E-state index contributed by atoms with van der Waals surface area (Å²) in [4.78, 5) is 2.52. The Morgan fingerprint density at radius 2 is 1.38 bits per heavy atom. The first-order valence-corrected chi connectivity index (χ1v) is 8.92. The minimum absolute atomic E-state index is 0.261. The van der Waals surface area contributed by atoms with Crippen molar-refractivity contribution in [1.29, 1.82) is 0 Å². The predicted molar refractivity (Wildman–Crippen MR) is 96.9 cm³/mol. The van der Waals surface area contributed by atoms with Crippen LogP contribution in [-0.4, -0.2) is 36.1 Å². The van der Waals surface area contributed by atoms with Crippen LogP contribution in [0.4, 0.5) is 0 Å². The fourth-order valence-electron chi connectivity index (χ4n) is 2.39. The molecule has 0 aliphatic rings. The van der Waals surface area contributed by atoms with Crippen molar-refractivity contribution in [2.75, 3.05) is 20.1 Å². The number of hydrogen-bond acceptors (Lipinski definition) is 2. The average molecular weight is 299 g/mol. The van der Waals surface area contributed by atoms with Gasteiger partial charge in [0.25, 0.3) is 0 Å². The molecule has 0 heterocycles. The van der Waals surface area contributed by atoms with Gasteiger partial charge in [0.05, 0.1) is 0 Å². The summed E-state index contributed by atoms with van der Waals surface area (Å²) in [6.07, 6.45) is 5.05. The van der Waals surface area contributed by atoms with E-state index in [0.717, 1.165) is 18.4 Å². The lowest BCUT2D eigenvalue weighted by Crippen LogP contribution is -2.47. The second kappa shape index (κ2) is 9.15. The van der Waals surface area contributed by atoms with Crippen LogP contribution in [0, 0.1) is 11.8 Å². The Balaban J connectivity index is 4.12. The van der Waals surface area contributed by atoms with E-state index in [1.165, 1.54) is 32.2 Å². The van der Waals surface area contributed by atoms with E-state index in [1.54, 1.807) is 0 Å². The molecule has 0 aromatic carbocycles. The van der Waals surface area contributed by atoms with Crippen molar-refractivity contribution < 1.29 is 0 Å². The van der Waals surface area contributed by atoms with E-state index in [2.05, 4.69) is 72.7 Å². The Bertz CT molecular complexity index is 267. The van der Waals surface area contributed by atoms with Crippen LogP contribution in [0.3, 0.4) is 0 Å². The molecule has 0 saturated carbocycles. The van der Waals surface area contributed by atoms with Crippen LogP contribution < -0.4 is 5.32 Å². The Hall–Kier alpha value is -0.0800. The molecule has 0 saturated heterocycles. The predicted octanol–water partition coefficient (Wildman–Crippen LogP) is 4.94. The highest BCUT2D eigenvalue weighted by molar-refractivity contribution is 4.84. The van der Waals surface area contributed by atoms with Crippen molar-refractivity contribution in [3.63, 3.8) is 0 Å². The summed E-state index contributed by atoms with van der Waals surface area (Å²) in [6, 6.07) is 0. The van der Waals surface area contributed by atoms with Gasteiger partial charge in [0.2, 0.25) is 0 Å². The van der Waals surface area contributed by atoms with Crippen LogP contribution in [0.15, 0.2) is 0 Å². The first-order valence-electron chi connectivity index (χ1n) is 8.92. The molecule has 0 atom stereocenters. The lowest BCUT2D eigenvalue weighted by molar-refractivity contribution is 0.134. The molecule has 2 heteroatoms. The van der Waals surface area contributed by atoms with Crippen LogP contribution >= 0.6 is 0 Å². The standard InChI is InChI=1S/C19H42N2/c1-16(2)10-12-18(5,6)20-14-13-19(7,8)21(9)15-11-17(3)4/h16-17,20H,10-15H2,1-9H3. The van der Waals surface area contributed by atoms with Gasteiger partial charge in [-0.2, -0.15) is 0 Å². The van der Waals surface area contributed by atoms with E-state index in [0.29, 0.717) is 0 Å². The first kappa shape index (κ1) is 20.9. The van der Waals surface area contributed by atoms with Crippen LogP contribution in [0.2, 0.25) is 0 Å². The molecule has 0 aromatic rings. The highest BCUT2D eigenvalue weighted by Gasteiger charge is 2.24. The fraction of sp³-hybridized carbons (Fsp3) is 1.00. The Morgan fingerprint density at radius 1 is 0.857 bits per heavy atom. The van der Waals surface area contributed by atoms with Gasteiger partial charge in [-0.25, -0.2) is 0 Å². The van der Waals surface area contributed by atoms with Gasteiger partial charge in [-0.3, -0.25) is 0 Å².